The van der Waals surface area contributed by atoms with Gasteiger partial charge in [0, 0.05) is 18.0 Å². The fourth-order valence-electron chi connectivity index (χ4n) is 5.91. The molecule has 0 N–H and O–H groups in total. The maximum Gasteiger partial charge on any atom is 0.134 e. The first-order chi connectivity index (χ1) is 9.93. The van der Waals surface area contributed by atoms with Gasteiger partial charge in [0.05, 0.1) is 0 Å². The standard InChI is InChI=1S/C19H25NO/c1-11-6-5-7-13-8-16-15-9-14(12(2)21)17(20(16)4)10-19(15,3)18(11)13/h5-7,14-17H,8-10H2,1-4H3/t14?,15?,16?,17?,19-/m1/s1. The number of piperidine rings is 2. The Morgan fingerprint density at radius 3 is 2.81 bits per heavy atom. The summed E-state index contributed by atoms with van der Waals surface area (Å²) in [6, 6.07) is 7.85. The minimum absolute atomic E-state index is 0.259. The van der Waals surface area contributed by atoms with Crippen LogP contribution in [0.25, 0.3) is 0 Å². The van der Waals surface area contributed by atoms with Crippen LogP contribution in [-0.4, -0.2) is 29.8 Å². The first-order valence-electron chi connectivity index (χ1n) is 8.25. The molecule has 4 bridgehead atoms. The maximum absolute atomic E-state index is 12.0. The lowest BCUT2D eigenvalue weighted by molar-refractivity contribution is -0.137. The molecule has 0 aromatic heterocycles. The van der Waals surface area contributed by atoms with Gasteiger partial charge in [-0.25, -0.2) is 0 Å². The lowest BCUT2D eigenvalue weighted by Crippen LogP contribution is -2.68. The summed E-state index contributed by atoms with van der Waals surface area (Å²) in [5, 5.41) is 0. The van der Waals surface area contributed by atoms with Gasteiger partial charge in [0.1, 0.15) is 5.78 Å². The minimum Gasteiger partial charge on any atom is -0.300 e. The lowest BCUT2D eigenvalue weighted by Gasteiger charge is -2.64. The van der Waals surface area contributed by atoms with E-state index < -0.39 is 0 Å². The molecule has 2 aliphatic heterocycles. The molecule has 21 heavy (non-hydrogen) atoms. The van der Waals surface area contributed by atoms with Crippen molar-refractivity contribution in [1.82, 2.24) is 4.90 Å². The average Bonchev–Trinajstić information content (AvgIpc) is 2.42. The Labute approximate surface area is 127 Å². The van der Waals surface area contributed by atoms with Crippen LogP contribution < -0.4 is 0 Å². The van der Waals surface area contributed by atoms with Crippen molar-refractivity contribution in [2.75, 3.05) is 7.05 Å². The van der Waals surface area contributed by atoms with E-state index in [0.29, 0.717) is 23.8 Å². The molecule has 1 saturated carbocycles. The largest absolute Gasteiger partial charge is 0.300 e. The first kappa shape index (κ1) is 13.5. The van der Waals surface area contributed by atoms with E-state index in [1.807, 2.05) is 0 Å². The van der Waals surface area contributed by atoms with Crippen LogP contribution in [0.4, 0.5) is 0 Å². The zero-order valence-electron chi connectivity index (χ0n) is 13.5. The van der Waals surface area contributed by atoms with Gasteiger partial charge in [0.15, 0.2) is 0 Å². The fraction of sp³-hybridized carbons (Fsp3) is 0.632. The van der Waals surface area contributed by atoms with Crippen molar-refractivity contribution in [2.24, 2.45) is 11.8 Å². The molecule has 4 aliphatic rings. The molecule has 0 radical (unpaired) electrons. The second kappa shape index (κ2) is 4.19. The lowest BCUT2D eigenvalue weighted by atomic mass is 9.49. The van der Waals surface area contributed by atoms with E-state index in [4.69, 9.17) is 0 Å². The normalized spacial score (nSPS) is 41.0. The van der Waals surface area contributed by atoms with Gasteiger partial charge in [-0.15, -0.1) is 0 Å². The number of likely N-dealkylation sites (N-methyl/N-ethyl adjacent to an activating group) is 1. The van der Waals surface area contributed by atoms with E-state index in [1.54, 1.807) is 18.1 Å². The monoisotopic (exact) mass is 283 g/mol. The van der Waals surface area contributed by atoms with Crippen LogP contribution in [0.2, 0.25) is 0 Å². The van der Waals surface area contributed by atoms with E-state index in [0.717, 1.165) is 19.3 Å². The number of fused-ring (bicyclic) bond motifs is 2. The first-order valence-corrected chi connectivity index (χ1v) is 8.25. The Hall–Kier alpha value is -1.15. The van der Waals surface area contributed by atoms with Gasteiger partial charge in [-0.05, 0) is 68.2 Å². The number of aryl methyl sites for hydroxylation is 1. The number of Topliss-reactive ketones (excluding diaryl/α,β-unsaturated/α-hetero) is 1. The van der Waals surface area contributed by atoms with Crippen LogP contribution in [0.1, 0.15) is 43.4 Å². The third-order valence-electron chi connectivity index (χ3n) is 6.82. The summed E-state index contributed by atoms with van der Waals surface area (Å²) >= 11 is 0. The van der Waals surface area contributed by atoms with Crippen molar-refractivity contribution in [3.63, 3.8) is 0 Å². The molecule has 1 aromatic carbocycles. The van der Waals surface area contributed by atoms with Gasteiger partial charge in [-0.1, -0.05) is 25.1 Å². The summed E-state index contributed by atoms with van der Waals surface area (Å²) in [5.74, 6) is 1.29. The molecule has 112 valence electrons. The molecule has 2 saturated heterocycles. The molecule has 0 spiro atoms. The zero-order valence-corrected chi connectivity index (χ0v) is 13.5. The van der Waals surface area contributed by atoms with Gasteiger partial charge in [-0.3, -0.25) is 9.69 Å². The number of hydrogen-bond acceptors (Lipinski definition) is 2. The van der Waals surface area contributed by atoms with E-state index >= 15 is 0 Å². The molecule has 2 aliphatic carbocycles. The van der Waals surface area contributed by atoms with E-state index in [-0.39, 0.29) is 11.3 Å². The number of carbonyl (C=O) groups excluding carboxylic acids is 1. The van der Waals surface area contributed by atoms with Crippen molar-refractivity contribution in [1.29, 1.82) is 0 Å². The van der Waals surface area contributed by atoms with Gasteiger partial charge < -0.3 is 0 Å². The Kier molecular flexibility index (Phi) is 2.70. The highest BCUT2D eigenvalue weighted by Gasteiger charge is 2.59. The number of carbonyl (C=O) groups is 1. The van der Waals surface area contributed by atoms with Crippen LogP contribution in [-0.2, 0) is 16.6 Å². The summed E-state index contributed by atoms with van der Waals surface area (Å²) < 4.78 is 0. The van der Waals surface area contributed by atoms with Gasteiger partial charge in [0.2, 0.25) is 0 Å². The van der Waals surface area contributed by atoms with Crippen LogP contribution in [0.5, 0.6) is 0 Å². The number of ketones is 1. The maximum atomic E-state index is 12.0. The molecular weight excluding hydrogens is 258 g/mol. The summed E-state index contributed by atoms with van der Waals surface area (Å²) in [6.45, 7) is 6.52. The molecular formula is C19H25NO. The highest BCUT2D eigenvalue weighted by molar-refractivity contribution is 5.79. The van der Waals surface area contributed by atoms with Crippen molar-refractivity contribution < 1.29 is 4.79 Å². The Bertz CT molecular complexity index is 622. The van der Waals surface area contributed by atoms with Crippen molar-refractivity contribution >= 4 is 5.78 Å². The topological polar surface area (TPSA) is 20.3 Å². The fourth-order valence-corrected chi connectivity index (χ4v) is 5.91. The second-order valence-corrected chi connectivity index (χ2v) is 7.79. The Balaban J connectivity index is 1.87. The Morgan fingerprint density at radius 1 is 1.33 bits per heavy atom. The van der Waals surface area contributed by atoms with Gasteiger partial charge in [-0.2, -0.15) is 0 Å². The van der Waals surface area contributed by atoms with Crippen LogP contribution in [0.3, 0.4) is 0 Å². The predicted octanol–water partition coefficient (Wildman–Crippen LogP) is 3.11. The van der Waals surface area contributed by atoms with E-state index in [9.17, 15) is 4.79 Å². The zero-order chi connectivity index (χ0) is 14.9. The molecule has 2 heterocycles. The molecule has 5 atom stereocenters. The van der Waals surface area contributed by atoms with Crippen molar-refractivity contribution in [3.05, 3.63) is 34.9 Å². The van der Waals surface area contributed by atoms with Gasteiger partial charge >= 0.3 is 0 Å². The number of benzene rings is 1. The van der Waals surface area contributed by atoms with Crippen molar-refractivity contribution in [2.45, 2.75) is 57.5 Å². The predicted molar refractivity (Wildman–Crippen MR) is 84.5 cm³/mol. The summed E-state index contributed by atoms with van der Waals surface area (Å²) in [5.41, 5.74) is 4.87. The van der Waals surface area contributed by atoms with Gasteiger partial charge in [0.25, 0.3) is 0 Å². The molecule has 0 amide bonds. The van der Waals surface area contributed by atoms with E-state index in [1.165, 1.54) is 5.56 Å². The summed E-state index contributed by atoms with van der Waals surface area (Å²) in [6.07, 6.45) is 3.40. The van der Waals surface area contributed by atoms with Crippen LogP contribution in [0.15, 0.2) is 18.2 Å². The third kappa shape index (κ3) is 1.60. The second-order valence-electron chi connectivity index (χ2n) is 7.79. The SMILES string of the molecule is CC(=O)C1CC2C3Cc4cccc(C)c4[C@]2(C)CC1N3C. The molecule has 3 fully saturated rings. The molecule has 5 rings (SSSR count). The minimum atomic E-state index is 0.259. The molecule has 2 nitrogen and oxygen atoms in total. The van der Waals surface area contributed by atoms with Crippen molar-refractivity contribution in [3.8, 4) is 0 Å². The quantitative estimate of drug-likeness (QED) is 0.789. The van der Waals surface area contributed by atoms with E-state index in [2.05, 4.69) is 44.0 Å². The number of nitrogens with zero attached hydrogens (tertiary/aromatic N) is 1. The summed E-state index contributed by atoms with van der Waals surface area (Å²) in [4.78, 5) is 14.6. The molecule has 1 aromatic rings. The van der Waals surface area contributed by atoms with Crippen LogP contribution in [0, 0.1) is 18.8 Å². The van der Waals surface area contributed by atoms with Crippen LogP contribution >= 0.6 is 0 Å². The Morgan fingerprint density at radius 2 is 2.10 bits per heavy atom. The number of hydrogen-bond donors (Lipinski definition) is 0. The highest BCUT2D eigenvalue weighted by Crippen LogP contribution is 2.58. The molecule has 2 heteroatoms. The highest BCUT2D eigenvalue weighted by atomic mass is 16.1. The average molecular weight is 283 g/mol. The molecule has 4 unspecified atom stereocenters. The smallest absolute Gasteiger partial charge is 0.134 e. The number of rotatable bonds is 1. The third-order valence-corrected chi connectivity index (χ3v) is 6.82. The summed E-state index contributed by atoms with van der Waals surface area (Å²) in [7, 11) is 2.25.